The Bertz CT molecular complexity index is 482. The van der Waals surface area contributed by atoms with Crippen molar-refractivity contribution in [3.63, 3.8) is 0 Å². The lowest BCUT2D eigenvalue weighted by atomic mass is 9.96. The number of hydrogen-bond donors (Lipinski definition) is 1. The Hall–Kier alpha value is -0.290. The first kappa shape index (κ1) is 17.8. The van der Waals surface area contributed by atoms with Gasteiger partial charge < -0.3 is 10.6 Å². The topological polar surface area (TPSA) is 46.3 Å². The number of likely N-dealkylation sites (tertiary alicyclic amines) is 1. The van der Waals surface area contributed by atoms with Crippen LogP contribution in [0.2, 0.25) is 5.02 Å². The first-order chi connectivity index (χ1) is 9.02. The molecule has 6 heteroatoms. The van der Waals surface area contributed by atoms with Crippen molar-refractivity contribution in [2.24, 2.45) is 5.73 Å². The minimum Gasteiger partial charge on any atom is -0.334 e. The normalized spacial score (nSPS) is 20.2. The van der Waals surface area contributed by atoms with Crippen LogP contribution in [0.1, 0.15) is 36.5 Å². The van der Waals surface area contributed by atoms with Gasteiger partial charge in [0.25, 0.3) is 5.91 Å². The largest absolute Gasteiger partial charge is 0.334 e. The average molecular weight is 382 g/mol. The van der Waals surface area contributed by atoms with Crippen LogP contribution >= 0.6 is 39.9 Å². The second-order valence-corrected chi connectivity index (χ2v) is 6.25. The molecule has 0 bridgehead atoms. The maximum Gasteiger partial charge on any atom is 0.255 e. The number of piperidine rings is 1. The number of amides is 1. The van der Waals surface area contributed by atoms with E-state index < -0.39 is 0 Å². The highest BCUT2D eigenvalue weighted by Crippen LogP contribution is 2.29. The molecule has 0 radical (unpaired) electrons. The van der Waals surface area contributed by atoms with Crippen molar-refractivity contribution in [3.05, 3.63) is 33.3 Å². The van der Waals surface area contributed by atoms with Crippen LogP contribution < -0.4 is 5.73 Å². The molecule has 3 nitrogen and oxygen atoms in total. The lowest BCUT2D eigenvalue weighted by Gasteiger charge is -2.38. The predicted molar refractivity (Wildman–Crippen MR) is 88.7 cm³/mol. The van der Waals surface area contributed by atoms with E-state index in [1.165, 1.54) is 0 Å². The van der Waals surface area contributed by atoms with Gasteiger partial charge in [-0.2, -0.15) is 0 Å². The van der Waals surface area contributed by atoms with E-state index in [1.54, 1.807) is 6.07 Å². The number of hydrogen-bond acceptors (Lipinski definition) is 2. The van der Waals surface area contributed by atoms with Crippen LogP contribution in [0, 0.1) is 0 Å². The fourth-order valence-electron chi connectivity index (χ4n) is 2.58. The minimum absolute atomic E-state index is 0. The van der Waals surface area contributed by atoms with Gasteiger partial charge in [-0.1, -0.05) is 17.7 Å². The Morgan fingerprint density at radius 2 is 2.20 bits per heavy atom. The minimum atomic E-state index is -0.0201. The molecule has 2 atom stereocenters. The van der Waals surface area contributed by atoms with Crippen molar-refractivity contribution >= 4 is 45.8 Å². The summed E-state index contributed by atoms with van der Waals surface area (Å²) < 4.78 is 0.745. The number of halogens is 3. The van der Waals surface area contributed by atoms with Crippen molar-refractivity contribution in [1.29, 1.82) is 0 Å². The van der Waals surface area contributed by atoms with Crippen LogP contribution in [-0.4, -0.2) is 29.4 Å². The fourth-order valence-corrected chi connectivity index (χ4v) is 3.15. The summed E-state index contributed by atoms with van der Waals surface area (Å²) in [4.78, 5) is 14.5. The molecule has 1 aromatic rings. The zero-order valence-electron chi connectivity index (χ0n) is 11.3. The molecule has 1 aromatic carbocycles. The summed E-state index contributed by atoms with van der Waals surface area (Å²) in [6, 6.07) is 5.51. The highest BCUT2D eigenvalue weighted by Gasteiger charge is 2.30. The molecule has 20 heavy (non-hydrogen) atoms. The summed E-state index contributed by atoms with van der Waals surface area (Å²) in [5, 5.41) is 0.474. The SMILES string of the molecule is CC(N)C1CCCCN1C(=O)c1cccc(Br)c1Cl.Cl. The van der Waals surface area contributed by atoms with E-state index in [0.717, 1.165) is 30.3 Å². The Kier molecular flexibility index (Phi) is 6.79. The molecule has 1 heterocycles. The van der Waals surface area contributed by atoms with E-state index in [0.29, 0.717) is 10.6 Å². The summed E-state index contributed by atoms with van der Waals surface area (Å²) in [7, 11) is 0. The zero-order valence-corrected chi connectivity index (χ0v) is 14.5. The smallest absolute Gasteiger partial charge is 0.255 e. The van der Waals surface area contributed by atoms with Crippen molar-refractivity contribution in [2.45, 2.75) is 38.3 Å². The van der Waals surface area contributed by atoms with E-state index >= 15 is 0 Å². The lowest BCUT2D eigenvalue weighted by Crippen LogP contribution is -2.51. The van der Waals surface area contributed by atoms with Gasteiger partial charge in [0, 0.05) is 23.1 Å². The third-order valence-corrected chi connectivity index (χ3v) is 4.90. The van der Waals surface area contributed by atoms with E-state index in [2.05, 4.69) is 15.9 Å². The van der Waals surface area contributed by atoms with Crippen LogP contribution in [0.4, 0.5) is 0 Å². The number of benzene rings is 1. The maximum absolute atomic E-state index is 12.7. The van der Waals surface area contributed by atoms with Crippen molar-refractivity contribution in [1.82, 2.24) is 4.90 Å². The average Bonchev–Trinajstić information content (AvgIpc) is 2.41. The molecule has 0 aromatic heterocycles. The van der Waals surface area contributed by atoms with Crippen molar-refractivity contribution in [2.75, 3.05) is 6.54 Å². The summed E-state index contributed by atoms with van der Waals surface area (Å²) in [6.45, 7) is 2.71. The van der Waals surface area contributed by atoms with E-state index in [9.17, 15) is 4.79 Å². The summed E-state index contributed by atoms with van der Waals surface area (Å²) in [5.74, 6) is -0.0201. The van der Waals surface area contributed by atoms with Crippen LogP contribution in [0.5, 0.6) is 0 Å². The third-order valence-electron chi connectivity index (χ3n) is 3.60. The fraction of sp³-hybridized carbons (Fsp3) is 0.500. The molecule has 1 fully saturated rings. The van der Waals surface area contributed by atoms with Gasteiger partial charge in [0.15, 0.2) is 0 Å². The van der Waals surface area contributed by atoms with E-state index in [1.807, 2.05) is 24.0 Å². The summed E-state index contributed by atoms with van der Waals surface area (Å²) >= 11 is 9.56. The molecule has 0 aliphatic carbocycles. The van der Waals surface area contributed by atoms with Gasteiger partial charge in [0.2, 0.25) is 0 Å². The number of carbonyl (C=O) groups is 1. The Morgan fingerprint density at radius 3 is 2.85 bits per heavy atom. The standard InChI is InChI=1S/C14H18BrClN2O.ClH/c1-9(17)12-7-2-3-8-18(12)14(19)10-5-4-6-11(15)13(10)16;/h4-6,9,12H,2-3,7-8,17H2,1H3;1H. The Balaban J connectivity index is 0.00000200. The molecule has 2 N–H and O–H groups in total. The first-order valence-corrected chi connectivity index (χ1v) is 7.70. The van der Waals surface area contributed by atoms with Gasteiger partial charge in [0.05, 0.1) is 10.6 Å². The Morgan fingerprint density at radius 1 is 1.50 bits per heavy atom. The molecule has 0 saturated carbocycles. The first-order valence-electron chi connectivity index (χ1n) is 6.53. The molecule has 0 spiro atoms. The predicted octanol–water partition coefficient (Wildman–Crippen LogP) is 3.87. The molecule has 112 valence electrons. The van der Waals surface area contributed by atoms with Crippen molar-refractivity contribution in [3.8, 4) is 0 Å². The number of nitrogens with two attached hydrogens (primary N) is 1. The van der Waals surface area contributed by atoms with Gasteiger partial charge in [-0.3, -0.25) is 4.79 Å². The number of carbonyl (C=O) groups excluding carboxylic acids is 1. The number of rotatable bonds is 2. The molecular weight excluding hydrogens is 363 g/mol. The zero-order chi connectivity index (χ0) is 14.0. The molecule has 1 aliphatic heterocycles. The van der Waals surface area contributed by atoms with Crippen LogP contribution in [0.15, 0.2) is 22.7 Å². The monoisotopic (exact) mass is 380 g/mol. The van der Waals surface area contributed by atoms with Gasteiger partial charge in [-0.25, -0.2) is 0 Å². The quantitative estimate of drug-likeness (QED) is 0.845. The number of nitrogens with zero attached hydrogens (tertiary/aromatic N) is 1. The highest BCUT2D eigenvalue weighted by atomic mass is 79.9. The molecule has 2 unspecified atom stereocenters. The van der Waals surface area contributed by atoms with Gasteiger partial charge in [-0.05, 0) is 54.2 Å². The highest BCUT2D eigenvalue weighted by molar-refractivity contribution is 9.10. The maximum atomic E-state index is 12.7. The van der Waals surface area contributed by atoms with E-state index in [4.69, 9.17) is 17.3 Å². The van der Waals surface area contributed by atoms with Gasteiger partial charge in [-0.15, -0.1) is 12.4 Å². The summed E-state index contributed by atoms with van der Waals surface area (Å²) in [6.07, 6.45) is 3.12. The third kappa shape index (κ3) is 3.67. The molecule has 1 aliphatic rings. The summed E-state index contributed by atoms with van der Waals surface area (Å²) in [5.41, 5.74) is 6.55. The van der Waals surface area contributed by atoms with Crippen molar-refractivity contribution < 1.29 is 4.79 Å². The molecule has 1 saturated heterocycles. The lowest BCUT2D eigenvalue weighted by molar-refractivity contribution is 0.0584. The van der Waals surface area contributed by atoms with Crippen LogP contribution in [0.3, 0.4) is 0 Å². The van der Waals surface area contributed by atoms with Gasteiger partial charge >= 0.3 is 0 Å². The second-order valence-electron chi connectivity index (χ2n) is 5.02. The van der Waals surface area contributed by atoms with E-state index in [-0.39, 0.29) is 30.4 Å². The van der Waals surface area contributed by atoms with Gasteiger partial charge in [0.1, 0.15) is 0 Å². The molecular formula is C14H19BrCl2N2O. The van der Waals surface area contributed by atoms with Crippen LogP contribution in [0.25, 0.3) is 0 Å². The van der Waals surface area contributed by atoms with Crippen LogP contribution in [-0.2, 0) is 0 Å². The second kappa shape index (κ2) is 7.64. The molecule has 2 rings (SSSR count). The molecule has 1 amide bonds. The Labute approximate surface area is 139 Å².